The van der Waals surface area contributed by atoms with E-state index < -0.39 is 0 Å². The summed E-state index contributed by atoms with van der Waals surface area (Å²) in [6.45, 7) is 0. The van der Waals surface area contributed by atoms with Gasteiger partial charge in [0.1, 0.15) is 0 Å². The van der Waals surface area contributed by atoms with Crippen LogP contribution in [0.4, 0.5) is 0 Å². The fourth-order valence-corrected chi connectivity index (χ4v) is 1.67. The Morgan fingerprint density at radius 2 is 1.47 bits per heavy atom. The summed E-state index contributed by atoms with van der Waals surface area (Å²) in [5, 5.41) is 0. The van der Waals surface area contributed by atoms with Gasteiger partial charge >= 0.3 is 0 Å². The van der Waals surface area contributed by atoms with E-state index in [1.54, 1.807) is 12.1 Å². The molecule has 0 aromatic heterocycles. The molecular formula is C13H9BrO. The number of benzene rings is 1. The lowest BCUT2D eigenvalue weighted by Gasteiger charge is -1.95. The summed E-state index contributed by atoms with van der Waals surface area (Å²) < 4.78 is 0.904. The summed E-state index contributed by atoms with van der Waals surface area (Å²) in [5.41, 5.74) is 1.71. The Kier molecular flexibility index (Phi) is 2.97. The van der Waals surface area contributed by atoms with Gasteiger partial charge in [-0.15, -0.1) is 0 Å². The number of hydrogen-bond acceptors (Lipinski definition) is 1. The van der Waals surface area contributed by atoms with Crippen LogP contribution in [-0.4, -0.2) is 0 Å². The van der Waals surface area contributed by atoms with E-state index in [-0.39, 0.29) is 5.43 Å². The molecule has 74 valence electrons. The van der Waals surface area contributed by atoms with E-state index >= 15 is 0 Å². The maximum Gasteiger partial charge on any atom is 0.186 e. The Bertz CT molecular complexity index is 520. The van der Waals surface area contributed by atoms with Crippen molar-refractivity contribution in [3.63, 3.8) is 0 Å². The van der Waals surface area contributed by atoms with E-state index in [4.69, 9.17) is 0 Å². The van der Waals surface area contributed by atoms with Crippen LogP contribution in [-0.2, 0) is 0 Å². The predicted molar refractivity (Wildman–Crippen MR) is 65.8 cm³/mol. The largest absolute Gasteiger partial charge is 0.289 e. The summed E-state index contributed by atoms with van der Waals surface area (Å²) in [6.07, 6.45) is 0. The van der Waals surface area contributed by atoms with Crippen molar-refractivity contribution < 1.29 is 0 Å². The van der Waals surface area contributed by atoms with Crippen LogP contribution in [0.15, 0.2) is 63.9 Å². The molecule has 0 amide bonds. The number of hydrogen-bond donors (Lipinski definition) is 0. The third-order valence-corrected chi connectivity index (χ3v) is 2.68. The highest BCUT2D eigenvalue weighted by Crippen LogP contribution is 2.15. The topological polar surface area (TPSA) is 17.1 Å². The molecule has 0 unspecified atom stereocenters. The van der Waals surface area contributed by atoms with E-state index in [0.29, 0.717) is 0 Å². The highest BCUT2D eigenvalue weighted by atomic mass is 79.9. The van der Waals surface area contributed by atoms with Crippen LogP contribution in [0.3, 0.4) is 0 Å². The average molecular weight is 261 g/mol. The average Bonchev–Trinajstić information content (AvgIpc) is 2.43. The molecule has 2 aromatic rings. The van der Waals surface area contributed by atoms with Crippen LogP contribution in [0, 0.1) is 0 Å². The smallest absolute Gasteiger partial charge is 0.186 e. The molecule has 0 bridgehead atoms. The number of rotatable bonds is 1. The van der Waals surface area contributed by atoms with E-state index in [0.717, 1.165) is 15.6 Å². The maximum atomic E-state index is 11.8. The Balaban J connectivity index is 2.65. The van der Waals surface area contributed by atoms with Crippen molar-refractivity contribution in [2.45, 2.75) is 0 Å². The molecule has 2 heteroatoms. The first-order chi connectivity index (χ1) is 7.27. The SMILES string of the molecule is O=c1ccc(Br)ccc1-c1ccccc1. The molecule has 0 saturated heterocycles. The van der Waals surface area contributed by atoms with Crippen molar-refractivity contribution in [1.29, 1.82) is 0 Å². The molecule has 1 nitrogen and oxygen atoms in total. The van der Waals surface area contributed by atoms with Crippen LogP contribution in [0.2, 0.25) is 0 Å². The van der Waals surface area contributed by atoms with E-state index in [2.05, 4.69) is 15.9 Å². The second kappa shape index (κ2) is 4.41. The summed E-state index contributed by atoms with van der Waals surface area (Å²) in [5.74, 6) is 0. The normalized spacial score (nSPS) is 9.93. The van der Waals surface area contributed by atoms with Gasteiger partial charge in [-0.3, -0.25) is 4.79 Å². The summed E-state index contributed by atoms with van der Waals surface area (Å²) in [7, 11) is 0. The fourth-order valence-electron chi connectivity index (χ4n) is 1.40. The van der Waals surface area contributed by atoms with E-state index in [1.165, 1.54) is 0 Å². The molecule has 0 atom stereocenters. The van der Waals surface area contributed by atoms with Gasteiger partial charge in [0.05, 0.1) is 0 Å². The van der Waals surface area contributed by atoms with Crippen molar-refractivity contribution in [1.82, 2.24) is 0 Å². The third kappa shape index (κ3) is 2.34. The molecule has 0 aliphatic rings. The van der Waals surface area contributed by atoms with Gasteiger partial charge < -0.3 is 0 Å². The third-order valence-electron chi connectivity index (χ3n) is 2.15. The standard InChI is InChI=1S/C13H9BrO/c14-11-6-8-12(13(15)9-7-11)10-4-2-1-3-5-10/h1-9H. The Morgan fingerprint density at radius 3 is 2.20 bits per heavy atom. The summed E-state index contributed by atoms with van der Waals surface area (Å²) in [6, 6.07) is 16.7. The molecule has 0 fully saturated rings. The first-order valence-corrected chi connectivity index (χ1v) is 5.42. The molecule has 2 aromatic carbocycles. The van der Waals surface area contributed by atoms with Crippen LogP contribution < -0.4 is 5.43 Å². The molecule has 2 rings (SSSR count). The zero-order chi connectivity index (χ0) is 10.7. The molecule has 0 saturated carbocycles. The van der Waals surface area contributed by atoms with Crippen LogP contribution >= 0.6 is 15.9 Å². The molecule has 0 radical (unpaired) electrons. The van der Waals surface area contributed by atoms with Gasteiger partial charge in [0.15, 0.2) is 5.43 Å². The molecule has 0 spiro atoms. The lowest BCUT2D eigenvalue weighted by molar-refractivity contribution is 1.59. The molecular weight excluding hydrogens is 252 g/mol. The minimum Gasteiger partial charge on any atom is -0.289 e. The summed E-state index contributed by atoms with van der Waals surface area (Å²) in [4.78, 5) is 11.8. The first kappa shape index (κ1) is 10.1. The molecule has 0 N–H and O–H groups in total. The maximum absolute atomic E-state index is 11.8. The molecule has 0 heterocycles. The second-order valence-corrected chi connectivity index (χ2v) is 4.11. The van der Waals surface area contributed by atoms with E-state index in [9.17, 15) is 4.79 Å². The van der Waals surface area contributed by atoms with E-state index in [1.807, 2.05) is 42.5 Å². The van der Waals surface area contributed by atoms with Gasteiger partial charge in [-0.1, -0.05) is 46.3 Å². The van der Waals surface area contributed by atoms with Crippen molar-refractivity contribution in [3.8, 4) is 11.1 Å². The van der Waals surface area contributed by atoms with Crippen molar-refractivity contribution in [2.24, 2.45) is 0 Å². The molecule has 0 aliphatic carbocycles. The van der Waals surface area contributed by atoms with Gasteiger partial charge in [-0.2, -0.15) is 0 Å². The molecule has 0 aliphatic heterocycles. The Hall–Kier alpha value is -1.41. The zero-order valence-corrected chi connectivity index (χ0v) is 9.57. The predicted octanol–water partition coefficient (Wildman–Crippen LogP) is 3.48. The monoisotopic (exact) mass is 260 g/mol. The van der Waals surface area contributed by atoms with Crippen LogP contribution in [0.25, 0.3) is 11.1 Å². The van der Waals surface area contributed by atoms with Gasteiger partial charge in [-0.25, -0.2) is 0 Å². The van der Waals surface area contributed by atoms with Crippen LogP contribution in [0.1, 0.15) is 0 Å². The van der Waals surface area contributed by atoms with Crippen molar-refractivity contribution >= 4 is 15.9 Å². The van der Waals surface area contributed by atoms with Gasteiger partial charge in [0, 0.05) is 10.0 Å². The second-order valence-electron chi connectivity index (χ2n) is 3.20. The van der Waals surface area contributed by atoms with Gasteiger partial charge in [0.25, 0.3) is 0 Å². The van der Waals surface area contributed by atoms with Crippen molar-refractivity contribution in [3.05, 3.63) is 69.3 Å². The zero-order valence-electron chi connectivity index (χ0n) is 7.98. The highest BCUT2D eigenvalue weighted by Gasteiger charge is 1.99. The quantitative estimate of drug-likeness (QED) is 0.768. The Morgan fingerprint density at radius 1 is 0.800 bits per heavy atom. The first-order valence-electron chi connectivity index (χ1n) is 4.63. The summed E-state index contributed by atoms with van der Waals surface area (Å²) >= 11 is 3.34. The minimum atomic E-state index is 0.0342. The van der Waals surface area contributed by atoms with Gasteiger partial charge in [0.2, 0.25) is 0 Å². The highest BCUT2D eigenvalue weighted by molar-refractivity contribution is 9.10. The lowest BCUT2D eigenvalue weighted by Crippen LogP contribution is -1.97. The number of halogens is 1. The fraction of sp³-hybridized carbons (Fsp3) is 0. The van der Waals surface area contributed by atoms with Crippen LogP contribution in [0.5, 0.6) is 0 Å². The lowest BCUT2D eigenvalue weighted by atomic mass is 10.1. The van der Waals surface area contributed by atoms with Gasteiger partial charge in [-0.05, 0) is 29.8 Å². The van der Waals surface area contributed by atoms with Crippen molar-refractivity contribution in [2.75, 3.05) is 0 Å². The molecule has 15 heavy (non-hydrogen) atoms. The Labute approximate surface area is 96.5 Å². The minimum absolute atomic E-state index is 0.0342.